The van der Waals surface area contributed by atoms with Crippen LogP contribution in [0, 0.1) is 0 Å². The zero-order valence-electron chi connectivity index (χ0n) is 21.4. The van der Waals surface area contributed by atoms with E-state index in [1.807, 2.05) is 0 Å². The van der Waals surface area contributed by atoms with Crippen LogP contribution >= 0.6 is 0 Å². The molecule has 0 radical (unpaired) electrons. The van der Waals surface area contributed by atoms with Crippen molar-refractivity contribution in [3.8, 4) is 17.2 Å². The Morgan fingerprint density at radius 1 is 0.842 bits per heavy atom. The molecule has 1 atom stereocenters. The number of esters is 1. The highest BCUT2D eigenvalue weighted by molar-refractivity contribution is 6.51. The van der Waals surface area contributed by atoms with Crippen LogP contribution in [0.3, 0.4) is 0 Å². The van der Waals surface area contributed by atoms with Crippen LogP contribution in [0.5, 0.6) is 17.2 Å². The van der Waals surface area contributed by atoms with Gasteiger partial charge in [0.15, 0.2) is 0 Å². The first-order valence-electron chi connectivity index (χ1n) is 11.7. The van der Waals surface area contributed by atoms with E-state index in [0.29, 0.717) is 22.6 Å². The maximum absolute atomic E-state index is 13.5. The molecular formula is C29H27NO8. The molecule has 1 amide bonds. The molecule has 0 bridgehead atoms. The summed E-state index contributed by atoms with van der Waals surface area (Å²) in [5.41, 5.74) is 1.69. The summed E-state index contributed by atoms with van der Waals surface area (Å²) in [7, 11) is 5.70. The molecule has 1 fully saturated rings. The number of anilines is 1. The summed E-state index contributed by atoms with van der Waals surface area (Å²) in [6.07, 6.45) is 0.0606. The number of hydrogen-bond acceptors (Lipinski definition) is 8. The summed E-state index contributed by atoms with van der Waals surface area (Å²) in [5, 5.41) is 11.5. The molecule has 1 N–H and O–H groups in total. The number of carbonyl (C=O) groups is 3. The van der Waals surface area contributed by atoms with Crippen molar-refractivity contribution in [2.24, 2.45) is 0 Å². The van der Waals surface area contributed by atoms with Gasteiger partial charge in [0.2, 0.25) is 0 Å². The van der Waals surface area contributed by atoms with Crippen LogP contribution in [0.1, 0.15) is 22.7 Å². The highest BCUT2D eigenvalue weighted by Gasteiger charge is 2.47. The van der Waals surface area contributed by atoms with E-state index in [1.165, 1.54) is 33.3 Å². The number of rotatable bonds is 8. The van der Waals surface area contributed by atoms with Crippen molar-refractivity contribution in [2.45, 2.75) is 12.5 Å². The molecule has 0 aromatic heterocycles. The van der Waals surface area contributed by atoms with E-state index in [4.69, 9.17) is 18.9 Å². The first-order chi connectivity index (χ1) is 18.3. The highest BCUT2D eigenvalue weighted by atomic mass is 16.5. The highest BCUT2D eigenvalue weighted by Crippen LogP contribution is 2.45. The van der Waals surface area contributed by atoms with Gasteiger partial charge in [0, 0.05) is 5.69 Å². The van der Waals surface area contributed by atoms with E-state index in [2.05, 4.69) is 0 Å². The molecule has 9 heteroatoms. The average Bonchev–Trinajstić information content (AvgIpc) is 3.22. The molecule has 1 saturated heterocycles. The van der Waals surface area contributed by atoms with E-state index in [0.717, 1.165) is 0 Å². The van der Waals surface area contributed by atoms with Crippen LogP contribution in [0.4, 0.5) is 5.69 Å². The summed E-state index contributed by atoms with van der Waals surface area (Å²) in [6.45, 7) is 0. The summed E-state index contributed by atoms with van der Waals surface area (Å²) in [5.74, 6) is -1.38. The minimum atomic E-state index is -0.970. The number of benzene rings is 3. The van der Waals surface area contributed by atoms with E-state index in [9.17, 15) is 19.5 Å². The normalized spacial score (nSPS) is 16.3. The number of nitrogens with zero attached hydrogens (tertiary/aromatic N) is 1. The second-order valence-corrected chi connectivity index (χ2v) is 8.40. The number of carbonyl (C=O) groups excluding carboxylic acids is 3. The van der Waals surface area contributed by atoms with Gasteiger partial charge >= 0.3 is 5.97 Å². The second-order valence-electron chi connectivity index (χ2n) is 8.40. The first kappa shape index (κ1) is 26.3. The van der Waals surface area contributed by atoms with Crippen molar-refractivity contribution in [2.75, 3.05) is 33.3 Å². The largest absolute Gasteiger partial charge is 0.506 e. The quantitative estimate of drug-likeness (QED) is 0.206. The molecule has 1 unspecified atom stereocenters. The fourth-order valence-electron chi connectivity index (χ4n) is 4.43. The number of hydrogen-bond donors (Lipinski definition) is 1. The predicted molar refractivity (Wildman–Crippen MR) is 139 cm³/mol. The molecular weight excluding hydrogens is 490 g/mol. The molecule has 9 nitrogen and oxygen atoms in total. The van der Waals surface area contributed by atoms with E-state index < -0.39 is 29.5 Å². The van der Waals surface area contributed by atoms with Crippen LogP contribution in [0.15, 0.2) is 72.3 Å². The van der Waals surface area contributed by atoms with Crippen LogP contribution in [0.25, 0.3) is 5.76 Å². The number of amides is 1. The minimum Gasteiger partial charge on any atom is -0.506 e. The Labute approximate surface area is 219 Å². The fourth-order valence-corrected chi connectivity index (χ4v) is 4.43. The average molecular weight is 518 g/mol. The fraction of sp³-hybridized carbons (Fsp3) is 0.207. The van der Waals surface area contributed by atoms with Gasteiger partial charge in [-0.3, -0.25) is 19.3 Å². The van der Waals surface area contributed by atoms with Crippen molar-refractivity contribution in [3.05, 3.63) is 89.0 Å². The molecule has 0 aliphatic carbocycles. The Bertz CT molecular complexity index is 1370. The summed E-state index contributed by atoms with van der Waals surface area (Å²) in [4.78, 5) is 39.9. The Morgan fingerprint density at radius 2 is 1.45 bits per heavy atom. The van der Waals surface area contributed by atoms with Gasteiger partial charge in [-0.05, 0) is 47.5 Å². The lowest BCUT2D eigenvalue weighted by Crippen LogP contribution is -2.29. The lowest BCUT2D eigenvalue weighted by Gasteiger charge is -2.26. The van der Waals surface area contributed by atoms with Crippen LogP contribution < -0.4 is 19.1 Å². The molecule has 1 aliphatic heterocycles. The van der Waals surface area contributed by atoms with Crippen LogP contribution in [-0.4, -0.2) is 51.2 Å². The topological polar surface area (TPSA) is 112 Å². The number of ketones is 1. The summed E-state index contributed by atoms with van der Waals surface area (Å²) >= 11 is 0. The molecule has 0 saturated carbocycles. The first-order valence-corrected chi connectivity index (χ1v) is 11.7. The molecule has 0 spiro atoms. The lowest BCUT2D eigenvalue weighted by atomic mass is 9.94. The zero-order valence-corrected chi connectivity index (χ0v) is 21.4. The van der Waals surface area contributed by atoms with Crippen LogP contribution in [0.2, 0.25) is 0 Å². The third-order valence-electron chi connectivity index (χ3n) is 6.33. The molecule has 3 aromatic rings. The maximum Gasteiger partial charge on any atom is 0.309 e. The number of methoxy groups -OCH3 is 4. The van der Waals surface area contributed by atoms with Gasteiger partial charge in [-0.25, -0.2) is 0 Å². The van der Waals surface area contributed by atoms with E-state index >= 15 is 0 Å². The number of Topliss-reactive ketones (excluding diaryl/α,β-unsaturated/α-hetero) is 1. The minimum absolute atomic E-state index is 0.0606. The molecule has 196 valence electrons. The van der Waals surface area contributed by atoms with Crippen molar-refractivity contribution in [1.29, 1.82) is 0 Å². The Hall–Kier alpha value is -4.79. The summed E-state index contributed by atoms with van der Waals surface area (Å²) in [6, 6.07) is 17.5. The van der Waals surface area contributed by atoms with Crippen molar-refractivity contribution in [3.63, 3.8) is 0 Å². The van der Waals surface area contributed by atoms with Crippen molar-refractivity contribution >= 4 is 29.1 Å². The van der Waals surface area contributed by atoms with Gasteiger partial charge in [-0.2, -0.15) is 0 Å². The molecule has 3 aromatic carbocycles. The Balaban J connectivity index is 1.91. The van der Waals surface area contributed by atoms with Crippen molar-refractivity contribution in [1.82, 2.24) is 0 Å². The third kappa shape index (κ3) is 4.78. The monoisotopic (exact) mass is 517 g/mol. The second kappa shape index (κ2) is 11.1. The standard InChI is InChI=1S/C29H27NO8/c1-35-20-14-10-18(11-15-20)26-25(27(32)24-21(36-2)6-5-7-22(24)37-3)28(33)29(34)30(26)19-12-8-17(9-13-19)16-23(31)38-4/h5-15,26,32H,16H2,1-4H3/b27-25+. The smallest absolute Gasteiger partial charge is 0.309 e. The third-order valence-corrected chi connectivity index (χ3v) is 6.33. The van der Waals surface area contributed by atoms with Crippen molar-refractivity contribution < 1.29 is 38.4 Å². The Kier molecular flexibility index (Phi) is 7.66. The zero-order chi connectivity index (χ0) is 27.4. The van der Waals surface area contributed by atoms with Gasteiger partial charge in [0.25, 0.3) is 11.7 Å². The number of ether oxygens (including phenoxy) is 4. The van der Waals surface area contributed by atoms with Gasteiger partial charge in [-0.1, -0.05) is 30.3 Å². The molecule has 1 aliphatic rings. The van der Waals surface area contributed by atoms with E-state index in [-0.39, 0.29) is 29.1 Å². The number of aliphatic hydroxyl groups is 1. The summed E-state index contributed by atoms with van der Waals surface area (Å²) < 4.78 is 20.8. The van der Waals surface area contributed by atoms with Crippen LogP contribution in [-0.2, 0) is 25.5 Å². The lowest BCUT2D eigenvalue weighted by molar-refractivity contribution is -0.139. The van der Waals surface area contributed by atoms with Gasteiger partial charge in [0.1, 0.15) is 28.6 Å². The van der Waals surface area contributed by atoms with Gasteiger partial charge < -0.3 is 24.1 Å². The predicted octanol–water partition coefficient (Wildman–Crippen LogP) is 4.05. The molecule has 4 rings (SSSR count). The number of aliphatic hydroxyl groups excluding tert-OH is 1. The van der Waals surface area contributed by atoms with E-state index in [1.54, 1.807) is 66.7 Å². The maximum atomic E-state index is 13.5. The molecule has 38 heavy (non-hydrogen) atoms. The molecule has 1 heterocycles. The Morgan fingerprint density at radius 3 is 1.97 bits per heavy atom. The van der Waals surface area contributed by atoms with Gasteiger partial charge in [0.05, 0.1) is 46.5 Å². The SMILES string of the molecule is COC(=O)Cc1ccc(N2C(=O)C(=O)/C(=C(/O)c3c(OC)cccc3OC)C2c2ccc(OC)cc2)cc1. The van der Waals surface area contributed by atoms with Gasteiger partial charge in [-0.15, -0.1) is 0 Å².